The molecule has 2 unspecified atom stereocenters. The standard InChI is InChI=1S/C14H17N3O3/c1-18-12-5-3-2-4-9(12)6-13-16-14(20-17-13)10-7-19-8-11(10)15/h2-5,10-11H,6-8,15H2,1H3. The molecule has 1 aromatic heterocycles. The number of benzene rings is 1. The van der Waals surface area contributed by atoms with Crippen LogP contribution in [0.5, 0.6) is 5.75 Å². The van der Waals surface area contributed by atoms with Crippen LogP contribution in [0, 0.1) is 0 Å². The number of aromatic nitrogens is 2. The Morgan fingerprint density at radius 3 is 2.95 bits per heavy atom. The van der Waals surface area contributed by atoms with Crippen LogP contribution in [0.4, 0.5) is 0 Å². The molecule has 2 atom stereocenters. The van der Waals surface area contributed by atoms with Crippen molar-refractivity contribution in [2.24, 2.45) is 5.73 Å². The van der Waals surface area contributed by atoms with Gasteiger partial charge in [-0.3, -0.25) is 0 Å². The van der Waals surface area contributed by atoms with Crippen molar-refractivity contribution in [1.29, 1.82) is 0 Å². The van der Waals surface area contributed by atoms with E-state index < -0.39 is 0 Å². The SMILES string of the molecule is COc1ccccc1Cc1noc(C2COCC2N)n1. The van der Waals surface area contributed by atoms with Gasteiger partial charge in [-0.15, -0.1) is 0 Å². The van der Waals surface area contributed by atoms with Gasteiger partial charge in [0.25, 0.3) is 0 Å². The third kappa shape index (κ3) is 2.52. The normalized spacial score (nSPS) is 22.1. The fraction of sp³-hybridized carbons (Fsp3) is 0.429. The van der Waals surface area contributed by atoms with E-state index in [0.717, 1.165) is 11.3 Å². The maximum atomic E-state index is 5.95. The number of nitrogens with zero attached hydrogens (tertiary/aromatic N) is 2. The van der Waals surface area contributed by atoms with Crippen LogP contribution in [0.3, 0.4) is 0 Å². The average Bonchev–Trinajstić information content (AvgIpc) is 3.08. The Balaban J connectivity index is 1.77. The molecule has 0 radical (unpaired) electrons. The van der Waals surface area contributed by atoms with E-state index in [1.165, 1.54) is 0 Å². The Hall–Kier alpha value is -1.92. The summed E-state index contributed by atoms with van der Waals surface area (Å²) in [6.07, 6.45) is 0.566. The maximum absolute atomic E-state index is 5.95. The van der Waals surface area contributed by atoms with E-state index in [4.69, 9.17) is 19.7 Å². The third-order valence-electron chi connectivity index (χ3n) is 3.47. The quantitative estimate of drug-likeness (QED) is 0.900. The highest BCUT2D eigenvalue weighted by molar-refractivity contribution is 5.35. The zero-order chi connectivity index (χ0) is 13.9. The van der Waals surface area contributed by atoms with E-state index in [-0.39, 0.29) is 12.0 Å². The maximum Gasteiger partial charge on any atom is 0.233 e. The summed E-state index contributed by atoms with van der Waals surface area (Å²) >= 11 is 0. The van der Waals surface area contributed by atoms with Gasteiger partial charge in [0.1, 0.15) is 5.75 Å². The Kier molecular flexibility index (Phi) is 3.66. The van der Waals surface area contributed by atoms with Crippen molar-refractivity contribution in [1.82, 2.24) is 10.1 Å². The molecule has 6 heteroatoms. The van der Waals surface area contributed by atoms with E-state index in [0.29, 0.717) is 31.3 Å². The molecule has 0 bridgehead atoms. The molecular formula is C14H17N3O3. The summed E-state index contributed by atoms with van der Waals surface area (Å²) in [5, 5.41) is 4.01. The molecule has 2 N–H and O–H groups in total. The lowest BCUT2D eigenvalue weighted by molar-refractivity contribution is 0.187. The smallest absolute Gasteiger partial charge is 0.233 e. The van der Waals surface area contributed by atoms with Gasteiger partial charge in [-0.05, 0) is 6.07 Å². The van der Waals surface area contributed by atoms with Gasteiger partial charge >= 0.3 is 0 Å². The topological polar surface area (TPSA) is 83.4 Å². The number of methoxy groups -OCH3 is 1. The number of hydrogen-bond acceptors (Lipinski definition) is 6. The molecule has 106 valence electrons. The van der Waals surface area contributed by atoms with Crippen molar-refractivity contribution >= 4 is 0 Å². The summed E-state index contributed by atoms with van der Waals surface area (Å²) in [6.45, 7) is 1.08. The van der Waals surface area contributed by atoms with E-state index in [1.54, 1.807) is 7.11 Å². The summed E-state index contributed by atoms with van der Waals surface area (Å²) in [5.41, 5.74) is 6.97. The molecular weight excluding hydrogens is 258 g/mol. The van der Waals surface area contributed by atoms with Crippen molar-refractivity contribution in [3.05, 3.63) is 41.5 Å². The molecule has 2 aromatic rings. The molecule has 6 nitrogen and oxygen atoms in total. The highest BCUT2D eigenvalue weighted by atomic mass is 16.5. The third-order valence-corrected chi connectivity index (χ3v) is 3.47. The Bertz CT molecular complexity index is 585. The van der Waals surface area contributed by atoms with Crippen molar-refractivity contribution in [3.8, 4) is 5.75 Å². The highest BCUT2D eigenvalue weighted by Crippen LogP contribution is 2.24. The molecule has 20 heavy (non-hydrogen) atoms. The number of rotatable bonds is 4. The van der Waals surface area contributed by atoms with Crippen molar-refractivity contribution in [3.63, 3.8) is 0 Å². The highest BCUT2D eigenvalue weighted by Gasteiger charge is 2.31. The second-order valence-corrected chi connectivity index (χ2v) is 4.85. The monoisotopic (exact) mass is 275 g/mol. The van der Waals surface area contributed by atoms with Crippen molar-refractivity contribution < 1.29 is 14.0 Å². The van der Waals surface area contributed by atoms with Crippen LogP contribution in [0.2, 0.25) is 0 Å². The van der Waals surface area contributed by atoms with Gasteiger partial charge < -0.3 is 19.7 Å². The minimum atomic E-state index is -0.0745. The predicted octanol–water partition coefficient (Wildman–Crippen LogP) is 1.11. The first kappa shape index (κ1) is 13.1. The first-order chi connectivity index (χ1) is 9.78. The molecule has 1 aromatic carbocycles. The second kappa shape index (κ2) is 5.60. The molecule has 1 aliphatic heterocycles. The summed E-state index contributed by atoms with van der Waals surface area (Å²) in [7, 11) is 1.65. The van der Waals surface area contributed by atoms with Gasteiger partial charge in [0.2, 0.25) is 5.89 Å². The summed E-state index contributed by atoms with van der Waals surface area (Å²) in [5.74, 6) is 2.00. The first-order valence-corrected chi connectivity index (χ1v) is 6.55. The molecule has 1 fully saturated rings. The average molecular weight is 275 g/mol. The predicted molar refractivity (Wildman–Crippen MR) is 71.6 cm³/mol. The Morgan fingerprint density at radius 2 is 2.20 bits per heavy atom. The molecule has 2 heterocycles. The van der Waals surface area contributed by atoms with Gasteiger partial charge in [-0.2, -0.15) is 4.98 Å². The number of para-hydroxylation sites is 1. The lowest BCUT2D eigenvalue weighted by Gasteiger charge is -2.06. The zero-order valence-corrected chi connectivity index (χ0v) is 11.3. The van der Waals surface area contributed by atoms with Gasteiger partial charge in [0.15, 0.2) is 5.82 Å². The van der Waals surface area contributed by atoms with Crippen LogP contribution in [0.25, 0.3) is 0 Å². The summed E-state index contributed by atoms with van der Waals surface area (Å²) in [4.78, 5) is 4.42. The fourth-order valence-electron chi connectivity index (χ4n) is 2.33. The van der Waals surface area contributed by atoms with Crippen LogP contribution >= 0.6 is 0 Å². The molecule has 0 amide bonds. The van der Waals surface area contributed by atoms with Crippen LogP contribution < -0.4 is 10.5 Å². The molecule has 1 saturated heterocycles. The molecule has 3 rings (SSSR count). The zero-order valence-electron chi connectivity index (χ0n) is 11.3. The van der Waals surface area contributed by atoms with E-state index in [9.17, 15) is 0 Å². The van der Waals surface area contributed by atoms with E-state index in [1.807, 2.05) is 24.3 Å². The minimum absolute atomic E-state index is 0.00563. The van der Waals surface area contributed by atoms with Gasteiger partial charge in [-0.1, -0.05) is 23.4 Å². The molecule has 0 saturated carbocycles. The molecule has 0 spiro atoms. The van der Waals surface area contributed by atoms with Crippen LogP contribution in [0.15, 0.2) is 28.8 Å². The van der Waals surface area contributed by atoms with Crippen LogP contribution in [0.1, 0.15) is 23.2 Å². The van der Waals surface area contributed by atoms with Crippen molar-refractivity contribution in [2.75, 3.05) is 20.3 Å². The lowest BCUT2D eigenvalue weighted by Crippen LogP contribution is -2.27. The van der Waals surface area contributed by atoms with Crippen LogP contribution in [-0.4, -0.2) is 36.5 Å². The lowest BCUT2D eigenvalue weighted by atomic mass is 10.1. The van der Waals surface area contributed by atoms with E-state index >= 15 is 0 Å². The largest absolute Gasteiger partial charge is 0.496 e. The Labute approximate surface area is 116 Å². The van der Waals surface area contributed by atoms with Gasteiger partial charge in [0.05, 0.1) is 26.2 Å². The van der Waals surface area contributed by atoms with E-state index in [2.05, 4.69) is 10.1 Å². The van der Waals surface area contributed by atoms with Gasteiger partial charge in [0, 0.05) is 18.0 Å². The fourth-order valence-corrected chi connectivity index (χ4v) is 2.33. The molecule has 1 aliphatic rings. The summed E-state index contributed by atoms with van der Waals surface area (Å²) < 4.78 is 15.9. The summed E-state index contributed by atoms with van der Waals surface area (Å²) in [6, 6.07) is 7.71. The van der Waals surface area contributed by atoms with Crippen molar-refractivity contribution in [2.45, 2.75) is 18.4 Å². The number of hydrogen-bond donors (Lipinski definition) is 1. The molecule has 0 aliphatic carbocycles. The second-order valence-electron chi connectivity index (χ2n) is 4.85. The number of ether oxygens (including phenoxy) is 2. The van der Waals surface area contributed by atoms with Gasteiger partial charge in [-0.25, -0.2) is 0 Å². The Morgan fingerprint density at radius 1 is 1.35 bits per heavy atom. The van der Waals surface area contributed by atoms with Crippen LogP contribution in [-0.2, 0) is 11.2 Å². The number of nitrogens with two attached hydrogens (primary N) is 1. The minimum Gasteiger partial charge on any atom is -0.496 e. The first-order valence-electron chi connectivity index (χ1n) is 6.55.